The molecule has 6 heteroatoms. The Bertz CT molecular complexity index is 310. The minimum atomic E-state index is -1.07. The van der Waals surface area contributed by atoms with E-state index in [4.69, 9.17) is 14.6 Å². The van der Waals surface area contributed by atoms with E-state index in [9.17, 15) is 9.59 Å². The fourth-order valence-electron chi connectivity index (χ4n) is 1.21. The van der Waals surface area contributed by atoms with Crippen LogP contribution in [0.1, 0.15) is 13.8 Å². The number of hydrogen-bond acceptors (Lipinski definition) is 4. The second kappa shape index (κ2) is 5.39. The van der Waals surface area contributed by atoms with Crippen molar-refractivity contribution in [3.05, 3.63) is 12.0 Å². The van der Waals surface area contributed by atoms with E-state index in [0.29, 0.717) is 13.2 Å². The van der Waals surface area contributed by atoms with Crippen LogP contribution in [-0.2, 0) is 19.1 Å². The van der Waals surface area contributed by atoms with Crippen LogP contribution in [0.4, 0.5) is 0 Å². The van der Waals surface area contributed by atoms with Gasteiger partial charge >= 0.3 is 5.97 Å². The highest BCUT2D eigenvalue weighted by molar-refractivity contribution is 5.94. The molecule has 16 heavy (non-hydrogen) atoms. The topological polar surface area (TPSA) is 84.9 Å². The minimum Gasteiger partial charge on any atom is -0.494 e. The Labute approximate surface area is 93.2 Å². The van der Waals surface area contributed by atoms with E-state index in [1.165, 1.54) is 6.26 Å². The van der Waals surface area contributed by atoms with Gasteiger partial charge in [0.1, 0.15) is 25.5 Å². The summed E-state index contributed by atoms with van der Waals surface area (Å²) in [6, 6.07) is -0.932. The number of carboxylic acids is 1. The fraction of sp³-hybridized carbons (Fsp3) is 0.600. The predicted octanol–water partition coefficient (Wildman–Crippen LogP) is 0.1000. The van der Waals surface area contributed by atoms with Gasteiger partial charge in [-0.3, -0.25) is 4.79 Å². The Morgan fingerprint density at radius 3 is 2.56 bits per heavy atom. The summed E-state index contributed by atoms with van der Waals surface area (Å²) in [5, 5.41) is 11.3. The number of carboxylic acid groups (broad SMARTS) is 1. The van der Waals surface area contributed by atoms with Crippen molar-refractivity contribution in [2.75, 3.05) is 13.2 Å². The van der Waals surface area contributed by atoms with Crippen LogP contribution in [-0.4, -0.2) is 36.2 Å². The van der Waals surface area contributed by atoms with E-state index in [1.807, 2.05) is 0 Å². The molecule has 6 nitrogen and oxygen atoms in total. The van der Waals surface area contributed by atoms with E-state index in [-0.39, 0.29) is 11.7 Å². The fourth-order valence-corrected chi connectivity index (χ4v) is 1.21. The molecule has 0 bridgehead atoms. The molecule has 1 aliphatic heterocycles. The van der Waals surface area contributed by atoms with Crippen molar-refractivity contribution in [1.29, 1.82) is 0 Å². The molecule has 1 rings (SSSR count). The zero-order chi connectivity index (χ0) is 12.1. The van der Waals surface area contributed by atoms with Gasteiger partial charge in [-0.2, -0.15) is 0 Å². The van der Waals surface area contributed by atoms with Crippen LogP contribution in [0.3, 0.4) is 0 Å². The lowest BCUT2D eigenvalue weighted by molar-refractivity contribution is -0.143. The molecule has 90 valence electrons. The van der Waals surface area contributed by atoms with Gasteiger partial charge in [-0.1, -0.05) is 13.8 Å². The van der Waals surface area contributed by atoms with Gasteiger partial charge in [-0.25, -0.2) is 4.79 Å². The molecule has 1 aliphatic rings. The first kappa shape index (κ1) is 12.4. The van der Waals surface area contributed by atoms with Gasteiger partial charge in [0.2, 0.25) is 5.76 Å². The Morgan fingerprint density at radius 1 is 1.44 bits per heavy atom. The predicted molar refractivity (Wildman–Crippen MR) is 54.4 cm³/mol. The average Bonchev–Trinajstić information content (AvgIpc) is 2.25. The summed E-state index contributed by atoms with van der Waals surface area (Å²) in [6.07, 6.45) is 1.19. The van der Waals surface area contributed by atoms with Crippen LogP contribution in [0.5, 0.6) is 0 Å². The number of aliphatic carboxylic acids is 1. The van der Waals surface area contributed by atoms with Crippen LogP contribution in [0, 0.1) is 5.92 Å². The summed E-state index contributed by atoms with van der Waals surface area (Å²) in [6.45, 7) is 4.11. The summed E-state index contributed by atoms with van der Waals surface area (Å²) in [5.74, 6) is -1.83. The van der Waals surface area contributed by atoms with Crippen molar-refractivity contribution in [2.45, 2.75) is 19.9 Å². The maximum absolute atomic E-state index is 11.6. The molecule has 1 heterocycles. The molecule has 1 amide bonds. The number of rotatable bonds is 4. The van der Waals surface area contributed by atoms with E-state index >= 15 is 0 Å². The number of nitrogens with one attached hydrogen (secondary N) is 1. The van der Waals surface area contributed by atoms with E-state index in [2.05, 4.69) is 5.32 Å². The Hall–Kier alpha value is -1.72. The van der Waals surface area contributed by atoms with Crippen LogP contribution < -0.4 is 5.32 Å². The van der Waals surface area contributed by atoms with Gasteiger partial charge in [0.05, 0.1) is 0 Å². The highest BCUT2D eigenvalue weighted by Gasteiger charge is 2.26. The van der Waals surface area contributed by atoms with Gasteiger partial charge in [-0.05, 0) is 5.92 Å². The first-order valence-corrected chi connectivity index (χ1v) is 5.00. The lowest BCUT2D eigenvalue weighted by atomic mass is 10.0. The van der Waals surface area contributed by atoms with Crippen LogP contribution in [0.2, 0.25) is 0 Å². The molecule has 0 unspecified atom stereocenters. The molecule has 0 saturated carbocycles. The molecule has 0 saturated heterocycles. The van der Waals surface area contributed by atoms with Crippen LogP contribution in [0.15, 0.2) is 12.0 Å². The SMILES string of the molecule is CC(C)[C@H](NC(=O)C1=COCCO1)C(=O)O. The van der Waals surface area contributed by atoms with Crippen molar-refractivity contribution in [3.63, 3.8) is 0 Å². The van der Waals surface area contributed by atoms with Crippen LogP contribution in [0.25, 0.3) is 0 Å². The lowest BCUT2D eigenvalue weighted by Crippen LogP contribution is -2.45. The number of ether oxygens (including phenoxy) is 2. The highest BCUT2D eigenvalue weighted by Crippen LogP contribution is 2.07. The molecular weight excluding hydrogens is 214 g/mol. The Balaban J connectivity index is 2.61. The third-order valence-electron chi connectivity index (χ3n) is 2.09. The third kappa shape index (κ3) is 3.15. The molecule has 0 aromatic rings. The van der Waals surface area contributed by atoms with Crippen LogP contribution >= 0.6 is 0 Å². The number of carbonyl (C=O) groups excluding carboxylic acids is 1. The second-order valence-electron chi connectivity index (χ2n) is 3.73. The quantitative estimate of drug-likeness (QED) is 0.714. The summed E-state index contributed by atoms with van der Waals surface area (Å²) in [4.78, 5) is 22.4. The van der Waals surface area contributed by atoms with Crippen molar-refractivity contribution >= 4 is 11.9 Å². The third-order valence-corrected chi connectivity index (χ3v) is 2.09. The molecule has 0 aliphatic carbocycles. The normalized spacial score (nSPS) is 16.8. The molecule has 0 fully saturated rings. The average molecular weight is 229 g/mol. The van der Waals surface area contributed by atoms with Gasteiger partial charge in [-0.15, -0.1) is 0 Å². The van der Waals surface area contributed by atoms with Gasteiger partial charge in [0.25, 0.3) is 5.91 Å². The van der Waals surface area contributed by atoms with Gasteiger partial charge in [0.15, 0.2) is 0 Å². The largest absolute Gasteiger partial charge is 0.494 e. The summed E-state index contributed by atoms with van der Waals surface area (Å²) in [5.41, 5.74) is 0. The van der Waals surface area contributed by atoms with Crippen molar-refractivity contribution in [3.8, 4) is 0 Å². The summed E-state index contributed by atoms with van der Waals surface area (Å²) >= 11 is 0. The smallest absolute Gasteiger partial charge is 0.326 e. The Kier molecular flexibility index (Phi) is 4.16. The maximum Gasteiger partial charge on any atom is 0.326 e. The highest BCUT2D eigenvalue weighted by atomic mass is 16.6. The molecule has 0 aromatic carbocycles. The second-order valence-corrected chi connectivity index (χ2v) is 3.73. The molecule has 1 atom stereocenters. The number of carbonyl (C=O) groups is 2. The Morgan fingerprint density at radius 2 is 2.12 bits per heavy atom. The molecule has 0 radical (unpaired) electrons. The van der Waals surface area contributed by atoms with Crippen molar-refractivity contribution in [1.82, 2.24) is 5.32 Å². The van der Waals surface area contributed by atoms with E-state index in [0.717, 1.165) is 0 Å². The first-order chi connectivity index (χ1) is 7.52. The van der Waals surface area contributed by atoms with Gasteiger partial charge < -0.3 is 19.9 Å². The lowest BCUT2D eigenvalue weighted by Gasteiger charge is -2.20. The minimum absolute atomic E-state index is 0.0122. The first-order valence-electron chi connectivity index (χ1n) is 5.00. The summed E-state index contributed by atoms with van der Waals surface area (Å²) in [7, 11) is 0. The monoisotopic (exact) mass is 229 g/mol. The zero-order valence-electron chi connectivity index (χ0n) is 9.23. The maximum atomic E-state index is 11.6. The molecular formula is C10H15NO5. The van der Waals surface area contributed by atoms with E-state index < -0.39 is 17.9 Å². The van der Waals surface area contributed by atoms with E-state index in [1.54, 1.807) is 13.8 Å². The number of amides is 1. The number of hydrogen-bond donors (Lipinski definition) is 2. The summed E-state index contributed by atoms with van der Waals surface area (Å²) < 4.78 is 9.94. The molecule has 0 aromatic heterocycles. The van der Waals surface area contributed by atoms with Gasteiger partial charge in [0, 0.05) is 0 Å². The molecule has 0 spiro atoms. The molecule has 2 N–H and O–H groups in total. The van der Waals surface area contributed by atoms with Crippen molar-refractivity contribution in [2.24, 2.45) is 5.92 Å². The van der Waals surface area contributed by atoms with Crippen molar-refractivity contribution < 1.29 is 24.2 Å². The zero-order valence-corrected chi connectivity index (χ0v) is 9.23. The standard InChI is InChI=1S/C10H15NO5/c1-6(2)8(10(13)14)11-9(12)7-5-15-3-4-16-7/h5-6,8H,3-4H2,1-2H3,(H,11,12)(H,13,14)/t8-/m0/s1.